The van der Waals surface area contributed by atoms with Crippen LogP contribution in [0.5, 0.6) is 0 Å². The number of piperidine rings is 2. The Hall–Kier alpha value is -15.3. The second kappa shape index (κ2) is 38.5. The number of nitrogens with one attached hydrogen (secondary N) is 4. The third-order valence-electron chi connectivity index (χ3n) is 22.9. The molecule has 1 aromatic carbocycles. The lowest BCUT2D eigenvalue weighted by atomic mass is 9.94. The monoisotopic (exact) mass is 1780 g/mol. The zero-order valence-corrected chi connectivity index (χ0v) is 70.4. The fourth-order valence-electron chi connectivity index (χ4n) is 16.1. The Bertz CT molecular complexity index is 6510. The number of likely N-dealkylation sites (N-methyl/N-ethyl adjacent to an activating group) is 2. The summed E-state index contributed by atoms with van der Waals surface area (Å²) in [7, 11) is 4.21. The van der Waals surface area contributed by atoms with Crippen LogP contribution in [0, 0.1) is 42.0 Å². The second-order valence-corrected chi connectivity index (χ2v) is 31.8. The number of aromatic nitrogens is 21. The van der Waals surface area contributed by atoms with Gasteiger partial charge < -0.3 is 68.7 Å². The number of rotatable bonds is 17. The highest BCUT2D eigenvalue weighted by atomic mass is 19.3. The van der Waals surface area contributed by atoms with E-state index in [1.54, 1.807) is 30.9 Å². The molecule has 0 aliphatic carbocycles. The molecule has 47 heteroatoms. The zero-order chi connectivity index (χ0) is 91.0. The number of nitrogen functional groups attached to an aromatic ring is 4. The number of amides is 5. The number of carbonyl (C=O) groups is 5. The summed E-state index contributed by atoms with van der Waals surface area (Å²) in [6, 6.07) is 11.8. The molecule has 672 valence electrons. The summed E-state index contributed by atoms with van der Waals surface area (Å²) in [5.41, 5.74) is 32.6. The van der Waals surface area contributed by atoms with Crippen molar-refractivity contribution >= 4 is 110 Å². The number of anilines is 10. The van der Waals surface area contributed by atoms with E-state index in [9.17, 15) is 50.3 Å². The lowest BCUT2D eigenvalue weighted by Gasteiger charge is -2.38. The van der Waals surface area contributed by atoms with E-state index in [0.29, 0.717) is 90.4 Å². The van der Waals surface area contributed by atoms with Gasteiger partial charge in [-0.3, -0.25) is 38.8 Å². The van der Waals surface area contributed by atoms with Crippen molar-refractivity contribution in [3.8, 4) is 22.3 Å². The smallest absolute Gasteiger partial charge is 0.263 e. The number of fused-ring (bicyclic) bond motifs is 4. The molecule has 5 amide bonds. The number of carbonyl (C=O) groups excluding carboxylic acids is 5. The van der Waals surface area contributed by atoms with Crippen molar-refractivity contribution in [3.63, 3.8) is 0 Å². The fraction of sp³-hybridized carbons (Fsp3) is 0.325. The molecule has 0 saturated carbocycles. The van der Waals surface area contributed by atoms with Crippen molar-refractivity contribution in [2.75, 3.05) is 166 Å². The summed E-state index contributed by atoms with van der Waals surface area (Å²) in [6.45, 7) is 14.0. The minimum atomic E-state index is -2.58. The van der Waals surface area contributed by atoms with Crippen LogP contribution in [0.25, 0.3) is 44.8 Å². The lowest BCUT2D eigenvalue weighted by Crippen LogP contribution is -2.50. The van der Waals surface area contributed by atoms with Gasteiger partial charge in [0.15, 0.2) is 69.1 Å². The van der Waals surface area contributed by atoms with E-state index in [1.165, 1.54) is 36.5 Å². The molecule has 5 saturated heterocycles. The molecule has 0 atom stereocenters. The summed E-state index contributed by atoms with van der Waals surface area (Å²) in [5.74, 6) is -6.80. The van der Waals surface area contributed by atoms with Gasteiger partial charge in [0.1, 0.15) is 22.3 Å². The number of piperazine rings is 2. The molecule has 0 unspecified atom stereocenters. The van der Waals surface area contributed by atoms with Crippen LogP contribution in [0.4, 0.5) is 83.7 Å². The van der Waals surface area contributed by atoms with Crippen LogP contribution < -0.4 is 54.0 Å². The summed E-state index contributed by atoms with van der Waals surface area (Å²) in [5, 5.41) is 58.3. The molecule has 14 aromatic rings. The predicted molar refractivity (Wildman–Crippen MR) is 466 cm³/mol. The van der Waals surface area contributed by atoms with Crippen LogP contribution in [0.15, 0.2) is 142 Å². The molecule has 0 spiro atoms. The van der Waals surface area contributed by atoms with E-state index in [1.807, 2.05) is 34.9 Å². The van der Waals surface area contributed by atoms with Gasteiger partial charge in [-0.1, -0.05) is 30.3 Å². The van der Waals surface area contributed by atoms with E-state index in [2.05, 4.69) is 158 Å². The number of nitrogens with two attached hydrogens (primary N) is 4. The van der Waals surface area contributed by atoms with Gasteiger partial charge in [-0.2, -0.15) is 40.8 Å². The van der Waals surface area contributed by atoms with Crippen LogP contribution in [0.3, 0.4) is 0 Å². The number of nitrogens with zero attached hydrogens (tertiary/aromatic N) is 28. The quantitative estimate of drug-likeness (QED) is 0.0463. The maximum absolute atomic E-state index is 13.5. The SMILES string of the molecule is CN1CCN(C(=O)C2CCN(c3cnncc3NC(=O)c3c(N)nn4cc(F)cnc34)CC2)CC1.CN1CCN(Cc2ccc(-c3cnncc3NC(=O)c3c(N)nn4cc(F)cnc34)cc2)CC1.Cc1ncccc1-c1cnncc1NC(=O)c1c(N)nn2cc(F)cnc12.Nc1nn2cc(F)cnc2c1C(=O)Nc1cnncc1N1CCC(CN2CCC(F)(F)C2)CC1. The molecule has 0 bridgehead atoms. The van der Waals surface area contributed by atoms with Gasteiger partial charge in [-0.15, -0.1) is 20.4 Å². The van der Waals surface area contributed by atoms with Crippen molar-refractivity contribution in [2.24, 2.45) is 11.8 Å². The number of likely N-dealkylation sites (tertiary alicyclic amines) is 1. The van der Waals surface area contributed by atoms with Crippen LogP contribution in [-0.2, 0) is 11.3 Å². The molecule has 41 nitrogen and oxygen atoms in total. The number of alkyl halides is 2. The van der Waals surface area contributed by atoms with E-state index < -0.39 is 52.8 Å². The van der Waals surface area contributed by atoms with Gasteiger partial charge in [-0.25, -0.2) is 64.3 Å². The summed E-state index contributed by atoms with van der Waals surface area (Å²) in [6.07, 6.45) is 25.2. The van der Waals surface area contributed by atoms with Crippen LogP contribution in [0.1, 0.15) is 84.8 Å². The number of hydrogen-bond donors (Lipinski definition) is 8. The highest BCUT2D eigenvalue weighted by Crippen LogP contribution is 2.37. The van der Waals surface area contributed by atoms with Crippen LogP contribution >= 0.6 is 0 Å². The minimum absolute atomic E-state index is 0.00690. The molecule has 13 aromatic heterocycles. The minimum Gasteiger partial charge on any atom is -0.381 e. The Morgan fingerprint density at radius 2 is 0.808 bits per heavy atom. The van der Waals surface area contributed by atoms with Gasteiger partial charge in [0, 0.05) is 139 Å². The van der Waals surface area contributed by atoms with E-state index >= 15 is 0 Å². The van der Waals surface area contributed by atoms with E-state index in [4.69, 9.17) is 22.9 Å². The van der Waals surface area contributed by atoms with Crippen LogP contribution in [-0.4, -0.2) is 276 Å². The van der Waals surface area contributed by atoms with Crippen molar-refractivity contribution in [1.29, 1.82) is 0 Å². The fourth-order valence-corrected chi connectivity index (χ4v) is 16.1. The largest absolute Gasteiger partial charge is 0.381 e. The maximum Gasteiger partial charge on any atom is 0.263 e. The zero-order valence-electron chi connectivity index (χ0n) is 70.4. The Kier molecular flexibility index (Phi) is 26.1. The molecular weight excluding hydrogens is 1700 g/mol. The number of pyridine rings is 1. The molecular formula is C83H88F6N36O5. The normalized spacial score (nSPS) is 15.9. The van der Waals surface area contributed by atoms with Gasteiger partial charge in [0.05, 0.1) is 140 Å². The molecule has 0 radical (unpaired) electrons. The summed E-state index contributed by atoms with van der Waals surface area (Å²) in [4.78, 5) is 99.9. The first kappa shape index (κ1) is 88.2. The number of benzene rings is 1. The Balaban J connectivity index is 0.000000127. The van der Waals surface area contributed by atoms with Crippen molar-refractivity contribution in [1.82, 2.24) is 129 Å². The highest BCUT2D eigenvalue weighted by molar-refractivity contribution is 6.15. The van der Waals surface area contributed by atoms with Gasteiger partial charge in [0.25, 0.3) is 29.6 Å². The standard InChI is InChI=1S/C23H24FN9O.C22H27FN10O2.C21H24F3N9O.C17H13FN8O/c1-31-6-8-32(9-7-31)13-15-2-4-16(5-3-15)18-11-27-28-12-19(18)29-23(34)20-21(25)30-33-14-17(24)10-26-22(20)33;1-30-6-8-32(9-7-30)22(35)14-2-4-31(5-3-14)17-12-27-26-11-16(17)28-21(34)18-19(24)29-33-13-15(23)10-25-20(18)33;22-14-7-26-19-17(18(25)30-33(19)11-14)20(34)29-15-8-27-28-9-16(15)32-4-1-13(2-5-32)10-31-6-3-21(23,24)12-31;1-9-11(3-2-4-20-9)12-6-22-23-7-13(12)24-17(27)14-15(19)25-26-8-10(18)5-21-16(14)26/h2-5,10-12,14H,6-9,13H2,1H3,(H2,25,30)(H,27,29,34);10-14H,2-9H2,1H3,(H2,24,29)(H,27,28,34);7-9,11,13H,1-6,10,12H2,(H2,25,30)(H,28,29,34);2-8H,1H3,(H2,19,25)(H,22,24,27). The lowest BCUT2D eigenvalue weighted by molar-refractivity contribution is -0.137. The molecule has 5 aliphatic rings. The first-order valence-corrected chi connectivity index (χ1v) is 41.4. The van der Waals surface area contributed by atoms with Crippen LogP contribution in [0.2, 0.25) is 0 Å². The van der Waals surface area contributed by atoms with Gasteiger partial charge in [-0.05, 0) is 69.8 Å². The Labute approximate surface area is 735 Å². The van der Waals surface area contributed by atoms with E-state index in [-0.39, 0.29) is 92.9 Å². The topological polar surface area (TPSA) is 497 Å². The molecule has 5 aliphatic heterocycles. The van der Waals surface area contributed by atoms with E-state index in [0.717, 1.165) is 169 Å². The van der Waals surface area contributed by atoms with Crippen molar-refractivity contribution in [2.45, 2.75) is 51.5 Å². The van der Waals surface area contributed by atoms with Gasteiger partial charge in [0.2, 0.25) is 5.91 Å². The predicted octanol–water partition coefficient (Wildman–Crippen LogP) is 6.30. The Morgan fingerprint density at radius 3 is 1.23 bits per heavy atom. The molecule has 12 N–H and O–H groups in total. The first-order chi connectivity index (χ1) is 62.7. The number of hydrogen-bond acceptors (Lipinski definition) is 32. The summed E-state index contributed by atoms with van der Waals surface area (Å²) >= 11 is 0. The second-order valence-electron chi connectivity index (χ2n) is 31.8. The average Bonchev–Trinajstić information content (AvgIpc) is 1.64. The maximum atomic E-state index is 13.5. The average molecular weight is 1780 g/mol. The van der Waals surface area contributed by atoms with Crippen molar-refractivity contribution in [3.05, 3.63) is 199 Å². The molecule has 5 fully saturated rings. The third kappa shape index (κ3) is 20.1. The molecule has 19 rings (SSSR count). The van der Waals surface area contributed by atoms with Gasteiger partial charge >= 0.3 is 0 Å². The number of aryl methyl sites for hydroxylation is 1. The Morgan fingerprint density at radius 1 is 0.423 bits per heavy atom. The number of halogens is 6. The highest BCUT2D eigenvalue weighted by Gasteiger charge is 2.40. The molecule has 130 heavy (non-hydrogen) atoms. The first-order valence-electron chi connectivity index (χ1n) is 41.4. The molecule has 18 heterocycles. The summed E-state index contributed by atoms with van der Waals surface area (Å²) < 4.78 is 85.2. The van der Waals surface area contributed by atoms with Crippen molar-refractivity contribution < 1.29 is 50.3 Å². The third-order valence-corrected chi connectivity index (χ3v) is 22.9.